The van der Waals surface area contributed by atoms with E-state index < -0.39 is 0 Å². The predicted molar refractivity (Wildman–Crippen MR) is 85.9 cm³/mol. The quantitative estimate of drug-likeness (QED) is 0.854. The number of aromatic nitrogens is 2. The molecule has 5 heteroatoms. The number of ether oxygens (including phenoxy) is 1. The van der Waals surface area contributed by atoms with Gasteiger partial charge in [0, 0.05) is 19.2 Å². The largest absolute Gasteiger partial charge is 0.489 e. The van der Waals surface area contributed by atoms with Crippen molar-refractivity contribution in [2.75, 3.05) is 6.54 Å². The van der Waals surface area contributed by atoms with E-state index in [4.69, 9.17) is 4.74 Å². The Balaban J connectivity index is 1.68. The summed E-state index contributed by atoms with van der Waals surface area (Å²) in [5.74, 6) is 0.826. The molecule has 0 bridgehead atoms. The molecule has 0 saturated heterocycles. The zero-order valence-electron chi connectivity index (χ0n) is 13.4. The van der Waals surface area contributed by atoms with Gasteiger partial charge in [0.05, 0.1) is 12.7 Å². The van der Waals surface area contributed by atoms with Gasteiger partial charge < -0.3 is 10.1 Å². The fourth-order valence-electron chi connectivity index (χ4n) is 2.04. The van der Waals surface area contributed by atoms with Crippen LogP contribution in [0.1, 0.15) is 24.5 Å². The van der Waals surface area contributed by atoms with Crippen LogP contribution < -0.4 is 10.1 Å². The number of carbonyl (C=O) groups is 1. The minimum Gasteiger partial charge on any atom is -0.489 e. The smallest absolute Gasteiger partial charge is 0.221 e. The number of hydrogen-bond donors (Lipinski definition) is 1. The Kier molecular flexibility index (Phi) is 5.58. The van der Waals surface area contributed by atoms with Gasteiger partial charge in [-0.05, 0) is 38.5 Å². The van der Waals surface area contributed by atoms with Gasteiger partial charge in [0.15, 0.2) is 0 Å². The molecular weight excluding hydrogens is 278 g/mol. The number of nitrogens with one attached hydrogen (secondary N) is 1. The van der Waals surface area contributed by atoms with Gasteiger partial charge in [0.2, 0.25) is 5.91 Å². The highest BCUT2D eigenvalue weighted by Gasteiger charge is 2.07. The number of rotatable bonds is 7. The minimum atomic E-state index is -0.0707. The van der Waals surface area contributed by atoms with Gasteiger partial charge in [0.1, 0.15) is 11.9 Å². The van der Waals surface area contributed by atoms with Crippen LogP contribution in [0.25, 0.3) is 0 Å². The summed E-state index contributed by atoms with van der Waals surface area (Å²) in [6.45, 7) is 7.04. The van der Waals surface area contributed by atoms with E-state index >= 15 is 0 Å². The van der Waals surface area contributed by atoms with Crippen molar-refractivity contribution >= 4 is 5.91 Å². The third-order valence-corrected chi connectivity index (χ3v) is 3.28. The molecule has 1 heterocycles. The normalized spacial score (nSPS) is 12.0. The molecule has 1 N–H and O–H groups in total. The summed E-state index contributed by atoms with van der Waals surface area (Å²) in [5, 5.41) is 7.04. The molecule has 1 unspecified atom stereocenters. The fraction of sp³-hybridized carbons (Fsp3) is 0.412. The highest BCUT2D eigenvalue weighted by atomic mass is 16.5. The van der Waals surface area contributed by atoms with Crippen LogP contribution in [-0.2, 0) is 11.3 Å². The van der Waals surface area contributed by atoms with Crippen molar-refractivity contribution in [3.63, 3.8) is 0 Å². The second-order valence-corrected chi connectivity index (χ2v) is 5.58. The van der Waals surface area contributed by atoms with E-state index in [1.165, 1.54) is 5.56 Å². The third-order valence-electron chi connectivity index (χ3n) is 3.28. The molecule has 22 heavy (non-hydrogen) atoms. The molecule has 0 aliphatic heterocycles. The standard InChI is InChI=1S/C17H23N3O2/c1-13-4-6-16(7-5-13)22-15(3)11-18-17(21)8-9-20-12-14(2)10-19-20/h4-7,10,12,15H,8-9,11H2,1-3H3,(H,18,21). The lowest BCUT2D eigenvalue weighted by atomic mass is 10.2. The van der Waals surface area contributed by atoms with E-state index in [0.717, 1.165) is 11.3 Å². The first-order valence-electron chi connectivity index (χ1n) is 7.52. The Morgan fingerprint density at radius 2 is 2.00 bits per heavy atom. The molecule has 1 aromatic heterocycles. The molecule has 0 aliphatic rings. The Hall–Kier alpha value is -2.30. The monoisotopic (exact) mass is 301 g/mol. The number of benzene rings is 1. The first-order chi connectivity index (χ1) is 10.5. The molecular formula is C17H23N3O2. The van der Waals surface area contributed by atoms with Crippen LogP contribution in [0.3, 0.4) is 0 Å². The van der Waals surface area contributed by atoms with Gasteiger partial charge in [-0.1, -0.05) is 17.7 Å². The van der Waals surface area contributed by atoms with E-state index in [0.29, 0.717) is 19.5 Å². The summed E-state index contributed by atoms with van der Waals surface area (Å²) in [7, 11) is 0. The summed E-state index contributed by atoms with van der Waals surface area (Å²) < 4.78 is 7.53. The topological polar surface area (TPSA) is 56.1 Å². The van der Waals surface area contributed by atoms with Gasteiger partial charge in [0.25, 0.3) is 0 Å². The molecule has 2 aromatic rings. The number of carbonyl (C=O) groups excluding carboxylic acids is 1. The first-order valence-corrected chi connectivity index (χ1v) is 7.52. The molecule has 0 saturated carbocycles. The second kappa shape index (κ2) is 7.64. The van der Waals surface area contributed by atoms with Crippen molar-refractivity contribution in [2.24, 2.45) is 0 Å². The maximum Gasteiger partial charge on any atom is 0.221 e. The van der Waals surface area contributed by atoms with Crippen LogP contribution in [-0.4, -0.2) is 28.3 Å². The number of aryl methyl sites for hydroxylation is 3. The van der Waals surface area contributed by atoms with Gasteiger partial charge >= 0.3 is 0 Å². The predicted octanol–water partition coefficient (Wildman–Crippen LogP) is 2.47. The highest BCUT2D eigenvalue weighted by molar-refractivity contribution is 5.75. The summed E-state index contributed by atoms with van der Waals surface area (Å²) in [5.41, 5.74) is 2.29. The van der Waals surface area contributed by atoms with Crippen LogP contribution in [0.5, 0.6) is 5.75 Å². The second-order valence-electron chi connectivity index (χ2n) is 5.58. The molecule has 2 rings (SSSR count). The minimum absolute atomic E-state index is 0.00695. The maximum atomic E-state index is 11.8. The van der Waals surface area contributed by atoms with Gasteiger partial charge in [-0.25, -0.2) is 0 Å². The lowest BCUT2D eigenvalue weighted by Gasteiger charge is -2.15. The molecule has 1 amide bonds. The summed E-state index contributed by atoms with van der Waals surface area (Å²) in [6, 6.07) is 7.89. The van der Waals surface area contributed by atoms with Gasteiger partial charge in [-0.15, -0.1) is 0 Å². The summed E-state index contributed by atoms with van der Waals surface area (Å²) in [6.07, 6.45) is 4.06. The highest BCUT2D eigenvalue weighted by Crippen LogP contribution is 2.12. The molecule has 1 aromatic carbocycles. The maximum absolute atomic E-state index is 11.8. The van der Waals surface area contributed by atoms with Gasteiger partial charge in [-0.2, -0.15) is 5.10 Å². The van der Waals surface area contributed by atoms with E-state index in [2.05, 4.69) is 10.4 Å². The molecule has 118 valence electrons. The average Bonchev–Trinajstić information content (AvgIpc) is 2.91. The van der Waals surface area contributed by atoms with E-state index in [1.54, 1.807) is 10.9 Å². The van der Waals surface area contributed by atoms with Crippen molar-refractivity contribution in [2.45, 2.75) is 39.8 Å². The number of amides is 1. The Morgan fingerprint density at radius 1 is 1.27 bits per heavy atom. The van der Waals surface area contributed by atoms with Crippen molar-refractivity contribution in [1.82, 2.24) is 15.1 Å². The van der Waals surface area contributed by atoms with Crippen molar-refractivity contribution in [3.8, 4) is 5.75 Å². The van der Waals surface area contributed by atoms with Crippen LogP contribution in [0.4, 0.5) is 0 Å². The zero-order valence-corrected chi connectivity index (χ0v) is 13.4. The van der Waals surface area contributed by atoms with Crippen molar-refractivity contribution < 1.29 is 9.53 Å². The zero-order chi connectivity index (χ0) is 15.9. The van der Waals surface area contributed by atoms with E-state index in [1.807, 2.05) is 51.2 Å². The SMILES string of the molecule is Cc1ccc(OC(C)CNC(=O)CCn2cc(C)cn2)cc1. The summed E-state index contributed by atoms with van der Waals surface area (Å²) >= 11 is 0. The third kappa shape index (κ3) is 5.24. The Morgan fingerprint density at radius 3 is 2.64 bits per heavy atom. The first kappa shape index (κ1) is 16.1. The van der Waals surface area contributed by atoms with Crippen molar-refractivity contribution in [3.05, 3.63) is 47.8 Å². The molecule has 0 aliphatic carbocycles. The fourth-order valence-corrected chi connectivity index (χ4v) is 2.04. The van der Waals surface area contributed by atoms with E-state index in [9.17, 15) is 4.79 Å². The van der Waals surface area contributed by atoms with Gasteiger partial charge in [-0.3, -0.25) is 9.48 Å². The molecule has 0 fully saturated rings. The Bertz CT molecular complexity index is 605. The van der Waals surface area contributed by atoms with Crippen LogP contribution in [0, 0.1) is 13.8 Å². The number of hydrogen-bond acceptors (Lipinski definition) is 3. The average molecular weight is 301 g/mol. The molecule has 0 radical (unpaired) electrons. The van der Waals surface area contributed by atoms with Crippen LogP contribution >= 0.6 is 0 Å². The molecule has 1 atom stereocenters. The molecule has 5 nitrogen and oxygen atoms in total. The lowest BCUT2D eigenvalue weighted by molar-refractivity contribution is -0.121. The van der Waals surface area contributed by atoms with Crippen molar-refractivity contribution in [1.29, 1.82) is 0 Å². The lowest BCUT2D eigenvalue weighted by Crippen LogP contribution is -2.34. The Labute approximate surface area is 131 Å². The van der Waals surface area contributed by atoms with Crippen LogP contribution in [0.2, 0.25) is 0 Å². The van der Waals surface area contributed by atoms with E-state index in [-0.39, 0.29) is 12.0 Å². The molecule has 0 spiro atoms. The summed E-state index contributed by atoms with van der Waals surface area (Å²) in [4.78, 5) is 11.8. The van der Waals surface area contributed by atoms with Crippen LogP contribution in [0.15, 0.2) is 36.7 Å². The number of nitrogens with zero attached hydrogens (tertiary/aromatic N) is 2.